The first-order valence-corrected chi connectivity index (χ1v) is 5.76. The highest BCUT2D eigenvalue weighted by atomic mass is 32.1. The van der Waals surface area contributed by atoms with Crippen LogP contribution in [0.4, 0.5) is 0 Å². The summed E-state index contributed by atoms with van der Waals surface area (Å²) in [7, 11) is 0. The lowest BCUT2D eigenvalue weighted by atomic mass is 10.4. The quantitative estimate of drug-likeness (QED) is 0.796. The molecule has 0 N–H and O–H groups in total. The van der Waals surface area contributed by atoms with E-state index < -0.39 is 0 Å². The molecule has 0 aliphatic heterocycles. The Labute approximate surface area is 90.7 Å². The Kier molecular flexibility index (Phi) is 2.10. The third-order valence-electron chi connectivity index (χ3n) is 2.25. The van der Waals surface area contributed by atoms with E-state index in [2.05, 4.69) is 15.1 Å². The number of thiazole rings is 1. The SMILES string of the molecule is C(=C\c1nc(C2CC2)no1)/c1cscn1. The Balaban J connectivity index is 1.75. The van der Waals surface area contributed by atoms with Gasteiger partial charge in [0.2, 0.25) is 0 Å². The second-order valence-corrected chi connectivity index (χ2v) is 4.23. The first-order valence-electron chi connectivity index (χ1n) is 4.82. The van der Waals surface area contributed by atoms with Crippen molar-refractivity contribution in [1.29, 1.82) is 0 Å². The van der Waals surface area contributed by atoms with Gasteiger partial charge in [0.1, 0.15) is 0 Å². The molecule has 0 aromatic carbocycles. The fourth-order valence-electron chi connectivity index (χ4n) is 1.28. The molecule has 2 aromatic rings. The summed E-state index contributed by atoms with van der Waals surface area (Å²) in [6, 6.07) is 0. The lowest BCUT2D eigenvalue weighted by molar-refractivity contribution is 0.403. The summed E-state index contributed by atoms with van der Waals surface area (Å²) in [5.41, 5.74) is 2.72. The molecular weight excluding hydrogens is 210 g/mol. The predicted octanol–water partition coefficient (Wildman–Crippen LogP) is 2.57. The average Bonchev–Trinajstić information content (AvgIpc) is 2.82. The van der Waals surface area contributed by atoms with E-state index >= 15 is 0 Å². The zero-order valence-corrected chi connectivity index (χ0v) is 8.78. The zero-order valence-electron chi connectivity index (χ0n) is 7.96. The number of nitrogens with zero attached hydrogens (tertiary/aromatic N) is 3. The van der Waals surface area contributed by atoms with E-state index in [-0.39, 0.29) is 0 Å². The molecule has 0 amide bonds. The summed E-state index contributed by atoms with van der Waals surface area (Å²) in [4.78, 5) is 8.41. The van der Waals surface area contributed by atoms with E-state index in [0.29, 0.717) is 11.8 Å². The number of rotatable bonds is 3. The van der Waals surface area contributed by atoms with Crippen LogP contribution in [0, 0.1) is 0 Å². The fourth-order valence-corrected chi connectivity index (χ4v) is 1.81. The van der Waals surface area contributed by atoms with E-state index in [0.717, 1.165) is 11.5 Å². The van der Waals surface area contributed by atoms with Crippen LogP contribution >= 0.6 is 11.3 Å². The van der Waals surface area contributed by atoms with Crippen molar-refractivity contribution in [2.24, 2.45) is 0 Å². The molecule has 1 aliphatic carbocycles. The summed E-state index contributed by atoms with van der Waals surface area (Å²) in [6.45, 7) is 0. The lowest BCUT2D eigenvalue weighted by Gasteiger charge is -1.80. The minimum absolute atomic E-state index is 0.537. The molecule has 0 spiro atoms. The van der Waals surface area contributed by atoms with Gasteiger partial charge in [-0.05, 0) is 18.9 Å². The highest BCUT2D eigenvalue weighted by Gasteiger charge is 2.28. The second-order valence-electron chi connectivity index (χ2n) is 3.51. The second kappa shape index (κ2) is 3.58. The average molecular weight is 219 g/mol. The monoisotopic (exact) mass is 219 g/mol. The Morgan fingerprint density at radius 1 is 1.40 bits per heavy atom. The van der Waals surface area contributed by atoms with Gasteiger partial charge in [-0.15, -0.1) is 11.3 Å². The first-order chi connectivity index (χ1) is 7.42. The van der Waals surface area contributed by atoms with Crippen molar-refractivity contribution in [3.05, 3.63) is 28.3 Å². The molecule has 2 aromatic heterocycles. The maximum Gasteiger partial charge on any atom is 0.250 e. The van der Waals surface area contributed by atoms with Gasteiger partial charge in [0.05, 0.1) is 11.2 Å². The number of aromatic nitrogens is 3. The molecule has 3 rings (SSSR count). The van der Waals surface area contributed by atoms with E-state index in [1.54, 1.807) is 22.9 Å². The summed E-state index contributed by atoms with van der Waals surface area (Å²) < 4.78 is 5.09. The van der Waals surface area contributed by atoms with Crippen LogP contribution in [0.5, 0.6) is 0 Å². The van der Waals surface area contributed by atoms with Crippen molar-refractivity contribution in [2.45, 2.75) is 18.8 Å². The Hall–Kier alpha value is -1.49. The minimum atomic E-state index is 0.537. The lowest BCUT2D eigenvalue weighted by Crippen LogP contribution is -1.80. The van der Waals surface area contributed by atoms with E-state index in [1.165, 1.54) is 12.8 Å². The van der Waals surface area contributed by atoms with Gasteiger partial charge in [-0.2, -0.15) is 4.98 Å². The minimum Gasteiger partial charge on any atom is -0.335 e. The molecule has 2 heterocycles. The number of hydrogen-bond donors (Lipinski definition) is 0. The summed E-state index contributed by atoms with van der Waals surface area (Å²) in [6.07, 6.45) is 6.05. The molecule has 0 radical (unpaired) electrons. The van der Waals surface area contributed by atoms with Crippen molar-refractivity contribution in [3.8, 4) is 0 Å². The van der Waals surface area contributed by atoms with Crippen LogP contribution in [0.2, 0.25) is 0 Å². The predicted molar refractivity (Wildman–Crippen MR) is 57.3 cm³/mol. The van der Waals surface area contributed by atoms with Crippen molar-refractivity contribution >= 4 is 23.5 Å². The third kappa shape index (κ3) is 1.97. The van der Waals surface area contributed by atoms with Crippen LogP contribution in [0.1, 0.15) is 36.2 Å². The van der Waals surface area contributed by atoms with E-state index in [1.807, 2.05) is 11.5 Å². The van der Waals surface area contributed by atoms with Crippen molar-refractivity contribution in [3.63, 3.8) is 0 Å². The van der Waals surface area contributed by atoms with E-state index in [4.69, 9.17) is 4.52 Å². The highest BCUT2D eigenvalue weighted by molar-refractivity contribution is 7.07. The molecule has 0 bridgehead atoms. The van der Waals surface area contributed by atoms with Crippen LogP contribution < -0.4 is 0 Å². The smallest absolute Gasteiger partial charge is 0.250 e. The highest BCUT2D eigenvalue weighted by Crippen LogP contribution is 2.38. The largest absolute Gasteiger partial charge is 0.335 e. The molecule has 5 heteroatoms. The van der Waals surface area contributed by atoms with Crippen LogP contribution in [0.25, 0.3) is 12.2 Å². The van der Waals surface area contributed by atoms with Gasteiger partial charge in [-0.1, -0.05) is 5.16 Å². The van der Waals surface area contributed by atoms with Gasteiger partial charge in [0.15, 0.2) is 5.82 Å². The molecule has 0 saturated heterocycles. The van der Waals surface area contributed by atoms with Gasteiger partial charge < -0.3 is 4.52 Å². The van der Waals surface area contributed by atoms with Gasteiger partial charge in [0.25, 0.3) is 5.89 Å². The Morgan fingerprint density at radius 3 is 3.07 bits per heavy atom. The molecule has 76 valence electrons. The number of hydrogen-bond acceptors (Lipinski definition) is 5. The molecular formula is C10H9N3OS. The first kappa shape index (κ1) is 8.79. The molecule has 1 fully saturated rings. The summed E-state index contributed by atoms with van der Waals surface area (Å²) in [5, 5.41) is 5.89. The molecule has 15 heavy (non-hydrogen) atoms. The molecule has 0 atom stereocenters. The standard InChI is InChI=1S/C10H9N3OS/c1-2-7(1)10-12-9(14-13-10)4-3-8-5-15-6-11-8/h3-7H,1-2H2/b4-3+. The molecule has 1 saturated carbocycles. The van der Waals surface area contributed by atoms with Gasteiger partial charge in [-0.25, -0.2) is 4.98 Å². The Bertz CT molecular complexity index is 471. The van der Waals surface area contributed by atoms with Crippen LogP contribution in [0.15, 0.2) is 15.4 Å². The summed E-state index contributed by atoms with van der Waals surface area (Å²) >= 11 is 1.57. The van der Waals surface area contributed by atoms with Crippen molar-refractivity contribution < 1.29 is 4.52 Å². The zero-order chi connectivity index (χ0) is 10.1. The van der Waals surface area contributed by atoms with Crippen molar-refractivity contribution in [2.75, 3.05) is 0 Å². The summed E-state index contributed by atoms with van der Waals surface area (Å²) in [5.74, 6) is 1.94. The van der Waals surface area contributed by atoms with E-state index in [9.17, 15) is 0 Å². The van der Waals surface area contributed by atoms with Gasteiger partial charge in [0, 0.05) is 17.4 Å². The Morgan fingerprint density at radius 2 is 2.33 bits per heavy atom. The molecule has 0 unspecified atom stereocenters. The van der Waals surface area contributed by atoms with Gasteiger partial charge in [-0.3, -0.25) is 0 Å². The van der Waals surface area contributed by atoms with Crippen LogP contribution in [-0.2, 0) is 0 Å². The maximum atomic E-state index is 5.09. The molecule has 1 aliphatic rings. The van der Waals surface area contributed by atoms with Gasteiger partial charge >= 0.3 is 0 Å². The fraction of sp³-hybridized carbons (Fsp3) is 0.300. The maximum absolute atomic E-state index is 5.09. The van der Waals surface area contributed by atoms with Crippen LogP contribution in [0.3, 0.4) is 0 Å². The third-order valence-corrected chi connectivity index (χ3v) is 2.85. The van der Waals surface area contributed by atoms with Crippen molar-refractivity contribution in [1.82, 2.24) is 15.1 Å². The normalized spacial score (nSPS) is 16.3. The van der Waals surface area contributed by atoms with Crippen LogP contribution in [-0.4, -0.2) is 15.1 Å². The molecule has 4 nitrogen and oxygen atoms in total. The topological polar surface area (TPSA) is 51.8 Å².